The molecule has 3 N–H and O–H groups in total. The van der Waals surface area contributed by atoms with Crippen molar-refractivity contribution >= 4 is 11.5 Å². The highest BCUT2D eigenvalue weighted by Crippen LogP contribution is 2.16. The minimum Gasteiger partial charge on any atom is -0.396 e. The Morgan fingerprint density at radius 3 is 3.00 bits per heavy atom. The van der Waals surface area contributed by atoms with E-state index >= 15 is 0 Å². The van der Waals surface area contributed by atoms with Crippen LogP contribution < -0.4 is 10.6 Å². The normalized spacial score (nSPS) is 14.9. The highest BCUT2D eigenvalue weighted by Gasteiger charge is 2.09. The lowest BCUT2D eigenvalue weighted by molar-refractivity contribution is 0.292. The van der Waals surface area contributed by atoms with Crippen LogP contribution in [0.25, 0.3) is 0 Å². The van der Waals surface area contributed by atoms with Crippen molar-refractivity contribution in [3.63, 3.8) is 0 Å². The fourth-order valence-corrected chi connectivity index (χ4v) is 1.83. The summed E-state index contributed by atoms with van der Waals surface area (Å²) >= 11 is 0. The van der Waals surface area contributed by atoms with Gasteiger partial charge in [0.05, 0.1) is 5.69 Å². The Morgan fingerprint density at radius 1 is 1.44 bits per heavy atom. The monoisotopic (exact) mass is 251 g/mol. The third-order valence-corrected chi connectivity index (χ3v) is 2.79. The minimum absolute atomic E-state index is 0.105. The molecule has 2 rings (SSSR count). The number of nitrogens with one attached hydrogen (secondary N) is 2. The van der Waals surface area contributed by atoms with Crippen LogP contribution in [0.3, 0.4) is 0 Å². The number of hydrogen-bond acceptors (Lipinski definition) is 4. The molecule has 1 aromatic carbocycles. The van der Waals surface area contributed by atoms with Crippen LogP contribution in [0.2, 0.25) is 0 Å². The first kappa shape index (κ1) is 12.8. The summed E-state index contributed by atoms with van der Waals surface area (Å²) in [4.78, 5) is 4.33. The first-order valence-electron chi connectivity index (χ1n) is 6.24. The lowest BCUT2D eigenvalue weighted by Gasteiger charge is -2.15. The highest BCUT2D eigenvalue weighted by molar-refractivity contribution is 5.99. The number of benzene rings is 1. The van der Waals surface area contributed by atoms with Gasteiger partial charge < -0.3 is 15.7 Å². The van der Waals surface area contributed by atoms with Crippen molar-refractivity contribution < 1.29 is 9.50 Å². The number of nitrogens with zero attached hydrogens (tertiary/aromatic N) is 1. The SMILES string of the molecule is OCCCNc1ccc(C2=NCCCN2)cc1F. The molecular formula is C13H18FN3O. The van der Waals surface area contributed by atoms with E-state index in [0.29, 0.717) is 18.7 Å². The van der Waals surface area contributed by atoms with Gasteiger partial charge in [-0.3, -0.25) is 4.99 Å². The maximum atomic E-state index is 13.8. The van der Waals surface area contributed by atoms with E-state index in [1.165, 1.54) is 6.07 Å². The third kappa shape index (κ3) is 3.20. The highest BCUT2D eigenvalue weighted by atomic mass is 19.1. The van der Waals surface area contributed by atoms with E-state index in [2.05, 4.69) is 15.6 Å². The number of amidine groups is 1. The van der Waals surface area contributed by atoms with Gasteiger partial charge in [0.15, 0.2) is 0 Å². The summed E-state index contributed by atoms with van der Waals surface area (Å²) < 4.78 is 13.8. The van der Waals surface area contributed by atoms with Crippen molar-refractivity contribution in [3.05, 3.63) is 29.6 Å². The van der Waals surface area contributed by atoms with Gasteiger partial charge in [-0.1, -0.05) is 0 Å². The second kappa shape index (κ2) is 6.35. The molecular weight excluding hydrogens is 233 g/mol. The van der Waals surface area contributed by atoms with Crippen LogP contribution in [-0.2, 0) is 0 Å². The van der Waals surface area contributed by atoms with E-state index in [9.17, 15) is 4.39 Å². The summed E-state index contributed by atoms with van der Waals surface area (Å²) in [5, 5.41) is 14.8. The minimum atomic E-state index is -0.291. The van der Waals surface area contributed by atoms with Gasteiger partial charge >= 0.3 is 0 Å². The molecule has 4 nitrogen and oxygen atoms in total. The van der Waals surface area contributed by atoms with Crippen LogP contribution in [0.1, 0.15) is 18.4 Å². The van der Waals surface area contributed by atoms with Crippen molar-refractivity contribution in [2.24, 2.45) is 4.99 Å². The van der Waals surface area contributed by atoms with Crippen molar-refractivity contribution in [1.29, 1.82) is 0 Å². The summed E-state index contributed by atoms with van der Waals surface area (Å²) in [6.07, 6.45) is 1.63. The Balaban J connectivity index is 2.06. The van der Waals surface area contributed by atoms with Gasteiger partial charge in [0.2, 0.25) is 0 Å². The number of hydrogen-bond donors (Lipinski definition) is 3. The third-order valence-electron chi connectivity index (χ3n) is 2.79. The lowest BCUT2D eigenvalue weighted by atomic mass is 10.1. The van der Waals surface area contributed by atoms with E-state index in [1.54, 1.807) is 6.07 Å². The van der Waals surface area contributed by atoms with E-state index in [4.69, 9.17) is 5.11 Å². The zero-order valence-electron chi connectivity index (χ0n) is 10.2. The molecule has 0 atom stereocenters. The Hall–Kier alpha value is -1.62. The molecule has 98 valence electrons. The fourth-order valence-electron chi connectivity index (χ4n) is 1.83. The van der Waals surface area contributed by atoms with E-state index in [0.717, 1.165) is 30.9 Å². The van der Waals surface area contributed by atoms with Crippen molar-refractivity contribution in [3.8, 4) is 0 Å². The summed E-state index contributed by atoms with van der Waals surface area (Å²) in [7, 11) is 0. The molecule has 0 aliphatic carbocycles. The Kier molecular flexibility index (Phi) is 4.52. The van der Waals surface area contributed by atoms with Crippen LogP contribution in [0, 0.1) is 5.82 Å². The predicted octanol–water partition coefficient (Wildman–Crippen LogP) is 1.36. The first-order chi connectivity index (χ1) is 8.81. The van der Waals surface area contributed by atoms with Gasteiger partial charge in [0, 0.05) is 31.8 Å². The van der Waals surface area contributed by atoms with E-state index in [-0.39, 0.29) is 12.4 Å². The quantitative estimate of drug-likeness (QED) is 0.693. The van der Waals surface area contributed by atoms with Crippen LogP contribution in [-0.4, -0.2) is 37.2 Å². The molecule has 0 unspecified atom stereocenters. The molecule has 5 heteroatoms. The number of halogens is 1. The fraction of sp³-hybridized carbons (Fsp3) is 0.462. The molecule has 1 aliphatic rings. The van der Waals surface area contributed by atoms with Crippen LogP contribution in [0.15, 0.2) is 23.2 Å². The molecule has 0 saturated carbocycles. The molecule has 0 bridgehead atoms. The molecule has 0 amide bonds. The van der Waals surface area contributed by atoms with Gasteiger partial charge in [-0.2, -0.15) is 0 Å². The standard InChI is InChI=1S/C13H18FN3O/c14-11-9-10(13-16-5-1-6-17-13)3-4-12(11)15-7-2-8-18/h3-4,9,15,18H,1-2,5-8H2,(H,16,17). The lowest BCUT2D eigenvalue weighted by Crippen LogP contribution is -2.30. The number of aliphatic hydroxyl groups excluding tert-OH is 1. The number of aliphatic imine (C=N–C) groups is 1. The summed E-state index contributed by atoms with van der Waals surface area (Å²) in [5.41, 5.74) is 1.24. The largest absolute Gasteiger partial charge is 0.396 e. The van der Waals surface area contributed by atoms with Gasteiger partial charge in [-0.15, -0.1) is 0 Å². The molecule has 0 fully saturated rings. The first-order valence-corrected chi connectivity index (χ1v) is 6.24. The maximum absolute atomic E-state index is 13.8. The van der Waals surface area contributed by atoms with Crippen LogP contribution in [0.4, 0.5) is 10.1 Å². The Labute approximate surface area is 106 Å². The zero-order valence-corrected chi connectivity index (χ0v) is 10.2. The summed E-state index contributed by atoms with van der Waals surface area (Å²) in [6.45, 7) is 2.34. The Morgan fingerprint density at radius 2 is 2.33 bits per heavy atom. The second-order valence-corrected chi connectivity index (χ2v) is 4.21. The summed E-state index contributed by atoms with van der Waals surface area (Å²) in [5.74, 6) is 0.475. The molecule has 1 heterocycles. The van der Waals surface area contributed by atoms with Crippen LogP contribution >= 0.6 is 0 Å². The van der Waals surface area contributed by atoms with Gasteiger partial charge in [0.1, 0.15) is 11.7 Å². The zero-order chi connectivity index (χ0) is 12.8. The number of aliphatic hydroxyl groups is 1. The molecule has 0 aromatic heterocycles. The van der Waals surface area contributed by atoms with Gasteiger partial charge in [0.25, 0.3) is 0 Å². The smallest absolute Gasteiger partial charge is 0.147 e. The summed E-state index contributed by atoms with van der Waals surface area (Å²) in [6, 6.07) is 5.04. The van der Waals surface area contributed by atoms with Crippen molar-refractivity contribution in [2.45, 2.75) is 12.8 Å². The van der Waals surface area contributed by atoms with Gasteiger partial charge in [-0.05, 0) is 31.0 Å². The molecule has 18 heavy (non-hydrogen) atoms. The number of anilines is 1. The molecule has 1 aromatic rings. The van der Waals surface area contributed by atoms with Crippen molar-refractivity contribution in [1.82, 2.24) is 5.32 Å². The van der Waals surface area contributed by atoms with E-state index in [1.807, 2.05) is 6.07 Å². The topological polar surface area (TPSA) is 56.6 Å². The average Bonchev–Trinajstić information content (AvgIpc) is 2.42. The van der Waals surface area contributed by atoms with Crippen molar-refractivity contribution in [2.75, 3.05) is 31.6 Å². The van der Waals surface area contributed by atoms with E-state index < -0.39 is 0 Å². The maximum Gasteiger partial charge on any atom is 0.147 e. The van der Waals surface area contributed by atoms with Crippen LogP contribution in [0.5, 0.6) is 0 Å². The molecule has 0 radical (unpaired) electrons. The average molecular weight is 251 g/mol. The molecule has 1 aliphatic heterocycles. The van der Waals surface area contributed by atoms with Gasteiger partial charge in [-0.25, -0.2) is 4.39 Å². The number of rotatable bonds is 5. The molecule has 0 saturated heterocycles. The molecule has 0 spiro atoms. The second-order valence-electron chi connectivity index (χ2n) is 4.21. The predicted molar refractivity (Wildman–Crippen MR) is 70.6 cm³/mol. The Bertz CT molecular complexity index is 434.